The Morgan fingerprint density at radius 2 is 2.46 bits per heavy atom. The lowest BCUT2D eigenvalue weighted by molar-refractivity contribution is 0.393. The van der Waals surface area contributed by atoms with Crippen molar-refractivity contribution in [1.29, 1.82) is 0 Å². The molecule has 0 saturated heterocycles. The van der Waals surface area contributed by atoms with Crippen LogP contribution in [-0.2, 0) is 11.3 Å². The summed E-state index contributed by atoms with van der Waals surface area (Å²) in [4.78, 5) is 17.2. The summed E-state index contributed by atoms with van der Waals surface area (Å²) in [5, 5.41) is 0.343. The van der Waals surface area contributed by atoms with Gasteiger partial charge >= 0.3 is 0 Å². The molecule has 0 bridgehead atoms. The van der Waals surface area contributed by atoms with E-state index >= 15 is 0 Å². The number of aliphatic imine (C=N–C) groups is 1. The van der Waals surface area contributed by atoms with E-state index in [4.69, 9.17) is 16.3 Å². The molecule has 0 aliphatic carbocycles. The molecule has 0 fully saturated rings. The highest BCUT2D eigenvalue weighted by atomic mass is 35.5. The minimum atomic E-state index is 0.205. The third kappa shape index (κ3) is 2.54. The predicted octanol–water partition coefficient (Wildman–Crippen LogP) is 1.58. The summed E-state index contributed by atoms with van der Waals surface area (Å²) in [5.41, 5.74) is 0.704. The first-order valence-electron chi connectivity index (χ1n) is 3.51. The number of hydrogen-bond donors (Lipinski definition) is 0. The Morgan fingerprint density at radius 3 is 3.08 bits per heavy atom. The second-order valence-corrected chi connectivity index (χ2v) is 2.60. The molecule has 0 aliphatic heterocycles. The number of isocyanates is 1. The molecule has 0 spiro atoms. The Balaban J connectivity index is 2.98. The maximum atomic E-state index is 9.87. The van der Waals surface area contributed by atoms with Crippen LogP contribution < -0.4 is 4.74 Å². The average molecular weight is 199 g/mol. The third-order valence-electron chi connectivity index (χ3n) is 1.41. The molecule has 0 radical (unpaired) electrons. The molecule has 5 heteroatoms. The van der Waals surface area contributed by atoms with E-state index in [1.165, 1.54) is 13.2 Å². The summed E-state index contributed by atoms with van der Waals surface area (Å²) in [6, 6.07) is 3.31. The van der Waals surface area contributed by atoms with Crippen LogP contribution in [0.1, 0.15) is 5.56 Å². The second kappa shape index (κ2) is 4.60. The zero-order valence-electron chi connectivity index (χ0n) is 6.95. The van der Waals surface area contributed by atoms with Gasteiger partial charge in [0.25, 0.3) is 0 Å². The normalized spacial score (nSPS) is 9.08. The Labute approximate surface area is 80.2 Å². The Morgan fingerprint density at radius 1 is 1.69 bits per heavy atom. The summed E-state index contributed by atoms with van der Waals surface area (Å²) < 4.78 is 4.94. The van der Waals surface area contributed by atoms with Gasteiger partial charge in [0.2, 0.25) is 12.0 Å². The highest BCUT2D eigenvalue weighted by Crippen LogP contribution is 2.18. The van der Waals surface area contributed by atoms with Gasteiger partial charge in [-0.2, -0.15) is 0 Å². The number of halogens is 1. The van der Waals surface area contributed by atoms with Crippen LogP contribution in [0.2, 0.25) is 5.15 Å². The van der Waals surface area contributed by atoms with E-state index in [1.54, 1.807) is 12.1 Å². The highest BCUT2D eigenvalue weighted by molar-refractivity contribution is 6.29. The van der Waals surface area contributed by atoms with Crippen molar-refractivity contribution < 1.29 is 9.53 Å². The van der Waals surface area contributed by atoms with Crippen molar-refractivity contribution in [2.24, 2.45) is 4.99 Å². The summed E-state index contributed by atoms with van der Waals surface area (Å²) >= 11 is 5.63. The maximum Gasteiger partial charge on any atom is 0.235 e. The van der Waals surface area contributed by atoms with E-state index in [1.807, 2.05) is 0 Å². The van der Waals surface area contributed by atoms with Crippen LogP contribution in [-0.4, -0.2) is 18.2 Å². The van der Waals surface area contributed by atoms with E-state index in [-0.39, 0.29) is 6.54 Å². The number of nitrogens with zero attached hydrogens (tertiary/aromatic N) is 2. The monoisotopic (exact) mass is 198 g/mol. The van der Waals surface area contributed by atoms with Gasteiger partial charge in [-0.1, -0.05) is 11.6 Å². The fourth-order valence-corrected chi connectivity index (χ4v) is 1.00. The Hall–Kier alpha value is -1.38. The molecule has 0 N–H and O–H groups in total. The van der Waals surface area contributed by atoms with Crippen LogP contribution in [0.15, 0.2) is 17.1 Å². The summed E-state index contributed by atoms with van der Waals surface area (Å²) in [6.45, 7) is 0.205. The minimum absolute atomic E-state index is 0.205. The van der Waals surface area contributed by atoms with Crippen LogP contribution in [0.4, 0.5) is 0 Å². The van der Waals surface area contributed by atoms with E-state index < -0.39 is 0 Å². The fraction of sp³-hybridized carbons (Fsp3) is 0.250. The molecule has 1 heterocycles. The summed E-state index contributed by atoms with van der Waals surface area (Å²) in [7, 11) is 1.48. The number of methoxy groups -OCH3 is 1. The van der Waals surface area contributed by atoms with Gasteiger partial charge in [-0.3, -0.25) is 0 Å². The molecular formula is C8H7ClN2O2. The molecule has 0 amide bonds. The first-order valence-corrected chi connectivity index (χ1v) is 3.88. The summed E-state index contributed by atoms with van der Waals surface area (Å²) in [5.74, 6) is 0.381. The molecule has 13 heavy (non-hydrogen) atoms. The molecule has 0 atom stereocenters. The lowest BCUT2D eigenvalue weighted by atomic mass is 10.3. The first kappa shape index (κ1) is 9.71. The van der Waals surface area contributed by atoms with Crippen LogP contribution in [0, 0.1) is 0 Å². The van der Waals surface area contributed by atoms with Crippen LogP contribution >= 0.6 is 11.6 Å². The van der Waals surface area contributed by atoms with Gasteiger partial charge in [-0.25, -0.2) is 14.8 Å². The molecule has 0 aliphatic rings. The van der Waals surface area contributed by atoms with Gasteiger partial charge in [0, 0.05) is 5.56 Å². The number of ether oxygens (including phenoxy) is 1. The van der Waals surface area contributed by atoms with Gasteiger partial charge in [0.05, 0.1) is 13.7 Å². The molecule has 0 unspecified atom stereocenters. The highest BCUT2D eigenvalue weighted by Gasteiger charge is 2.03. The zero-order chi connectivity index (χ0) is 9.68. The van der Waals surface area contributed by atoms with Crippen LogP contribution in [0.3, 0.4) is 0 Å². The molecule has 4 nitrogen and oxygen atoms in total. The molecule has 68 valence electrons. The van der Waals surface area contributed by atoms with E-state index in [9.17, 15) is 4.79 Å². The van der Waals surface area contributed by atoms with Crippen molar-refractivity contribution >= 4 is 17.7 Å². The molecule has 1 rings (SSSR count). The van der Waals surface area contributed by atoms with Gasteiger partial charge in [-0.05, 0) is 12.1 Å². The van der Waals surface area contributed by atoms with Crippen LogP contribution in [0.25, 0.3) is 0 Å². The molecule has 1 aromatic heterocycles. The number of hydrogen-bond acceptors (Lipinski definition) is 4. The van der Waals surface area contributed by atoms with Crippen molar-refractivity contribution in [3.05, 3.63) is 22.8 Å². The number of aromatic nitrogens is 1. The lowest BCUT2D eigenvalue weighted by Gasteiger charge is -2.03. The average Bonchev–Trinajstić information content (AvgIpc) is 2.16. The first-order chi connectivity index (χ1) is 6.27. The zero-order valence-corrected chi connectivity index (χ0v) is 7.71. The Bertz CT molecular complexity index is 348. The van der Waals surface area contributed by atoms with E-state index in [2.05, 4.69) is 9.98 Å². The molecule has 1 aromatic rings. The minimum Gasteiger partial charge on any atom is -0.481 e. The quantitative estimate of drug-likeness (QED) is 0.421. The molecule has 0 saturated carbocycles. The van der Waals surface area contributed by atoms with E-state index in [0.29, 0.717) is 16.6 Å². The predicted molar refractivity (Wildman–Crippen MR) is 47.6 cm³/mol. The van der Waals surface area contributed by atoms with Crippen LogP contribution in [0.5, 0.6) is 5.88 Å². The third-order valence-corrected chi connectivity index (χ3v) is 1.62. The number of pyridine rings is 1. The number of rotatable bonds is 3. The maximum absolute atomic E-state index is 9.87. The van der Waals surface area contributed by atoms with E-state index in [0.717, 1.165) is 0 Å². The lowest BCUT2D eigenvalue weighted by Crippen LogP contribution is -1.94. The second-order valence-electron chi connectivity index (χ2n) is 2.21. The molecule has 0 aromatic carbocycles. The largest absolute Gasteiger partial charge is 0.481 e. The van der Waals surface area contributed by atoms with Crippen molar-refractivity contribution in [1.82, 2.24) is 4.98 Å². The molecular weight excluding hydrogens is 192 g/mol. The summed E-state index contributed by atoms with van der Waals surface area (Å²) in [6.07, 6.45) is 1.44. The van der Waals surface area contributed by atoms with Gasteiger partial charge in [-0.15, -0.1) is 0 Å². The fourth-order valence-electron chi connectivity index (χ4n) is 0.861. The van der Waals surface area contributed by atoms with Gasteiger partial charge in [0.15, 0.2) is 0 Å². The standard InChI is InChI=1S/C8H7ClN2O2/c1-13-8-6(4-10-5-12)2-3-7(9)11-8/h2-3H,4H2,1H3. The van der Waals surface area contributed by atoms with Crippen molar-refractivity contribution in [3.63, 3.8) is 0 Å². The van der Waals surface area contributed by atoms with Gasteiger partial charge in [0.1, 0.15) is 5.15 Å². The van der Waals surface area contributed by atoms with Crippen molar-refractivity contribution in [2.45, 2.75) is 6.54 Å². The SMILES string of the molecule is COc1nc(Cl)ccc1CN=C=O. The van der Waals surface area contributed by atoms with Crippen molar-refractivity contribution in [3.8, 4) is 5.88 Å². The van der Waals surface area contributed by atoms with Gasteiger partial charge < -0.3 is 4.74 Å². The smallest absolute Gasteiger partial charge is 0.235 e. The Kier molecular flexibility index (Phi) is 3.43. The number of carbonyl (C=O) groups excluding carboxylic acids is 1. The topological polar surface area (TPSA) is 51.6 Å². The van der Waals surface area contributed by atoms with Crippen molar-refractivity contribution in [2.75, 3.05) is 7.11 Å².